The van der Waals surface area contributed by atoms with Crippen LogP contribution in [0.4, 0.5) is 0 Å². The second-order valence-corrected chi connectivity index (χ2v) is 3.49. The molecule has 2 rings (SSSR count). The van der Waals surface area contributed by atoms with E-state index in [-0.39, 0.29) is 5.78 Å². The van der Waals surface area contributed by atoms with E-state index in [4.69, 9.17) is 0 Å². The summed E-state index contributed by atoms with van der Waals surface area (Å²) in [4.78, 5) is 15.3. The fourth-order valence-electron chi connectivity index (χ4n) is 1.25. The number of nitrogens with zero attached hydrogens (tertiary/aromatic N) is 1. The van der Waals surface area contributed by atoms with Crippen LogP contribution in [0, 0.1) is 0 Å². The Hall–Kier alpha value is -0.700. The van der Waals surface area contributed by atoms with Gasteiger partial charge in [0, 0.05) is 22.7 Å². The van der Waals surface area contributed by atoms with Crippen molar-refractivity contribution in [2.45, 2.75) is 12.8 Å². The van der Waals surface area contributed by atoms with Crippen LogP contribution in [0.3, 0.4) is 0 Å². The molecule has 0 unspecified atom stereocenters. The number of rotatable bonds is 0. The van der Waals surface area contributed by atoms with Crippen LogP contribution in [0.5, 0.6) is 0 Å². The second-order valence-electron chi connectivity index (χ2n) is 2.54. The molecule has 0 amide bonds. The van der Waals surface area contributed by atoms with Crippen molar-refractivity contribution in [3.05, 3.63) is 21.8 Å². The van der Waals surface area contributed by atoms with E-state index in [1.165, 1.54) is 0 Å². The molecule has 0 saturated heterocycles. The number of allylic oxidation sites excluding steroid dienone is 3. The van der Waals surface area contributed by atoms with Gasteiger partial charge in [0.05, 0.1) is 5.70 Å². The molecular weight excluding hydrogens is 206 g/mol. The normalized spacial score (nSPS) is 22.3. The minimum Gasteiger partial charge on any atom is -0.294 e. The average molecular weight is 212 g/mol. The van der Waals surface area contributed by atoms with E-state index in [1.807, 2.05) is 0 Å². The lowest BCUT2D eigenvalue weighted by Gasteiger charge is -2.11. The Labute approximate surface area is 72.8 Å². The lowest BCUT2D eigenvalue weighted by atomic mass is 9.98. The van der Waals surface area contributed by atoms with Gasteiger partial charge < -0.3 is 0 Å². The predicted molar refractivity (Wildman–Crippen MR) is 46.8 cm³/mol. The SMILES string of the molecule is O=C1CCC(Br)=C2N=CC=C12. The summed E-state index contributed by atoms with van der Waals surface area (Å²) in [5.41, 5.74) is 1.60. The highest BCUT2D eigenvalue weighted by Crippen LogP contribution is 2.33. The molecule has 0 spiro atoms. The Morgan fingerprint density at radius 3 is 3.00 bits per heavy atom. The number of aliphatic imine (C=N–C) groups is 1. The maximum Gasteiger partial charge on any atom is 0.165 e. The summed E-state index contributed by atoms with van der Waals surface area (Å²) >= 11 is 3.40. The van der Waals surface area contributed by atoms with Gasteiger partial charge in [0.15, 0.2) is 5.78 Å². The summed E-state index contributed by atoms with van der Waals surface area (Å²) in [5.74, 6) is 0.209. The molecule has 0 aromatic carbocycles. The zero-order valence-corrected chi connectivity index (χ0v) is 7.39. The summed E-state index contributed by atoms with van der Waals surface area (Å²) in [7, 11) is 0. The van der Waals surface area contributed by atoms with E-state index in [1.54, 1.807) is 12.3 Å². The Morgan fingerprint density at radius 1 is 1.45 bits per heavy atom. The smallest absolute Gasteiger partial charge is 0.165 e. The van der Waals surface area contributed by atoms with Gasteiger partial charge in [0.1, 0.15) is 0 Å². The number of carbonyl (C=O) groups is 1. The molecule has 0 atom stereocenters. The van der Waals surface area contributed by atoms with Gasteiger partial charge in [-0.25, -0.2) is 0 Å². The minimum atomic E-state index is 0.209. The topological polar surface area (TPSA) is 29.4 Å². The van der Waals surface area contributed by atoms with Crippen LogP contribution in [0.25, 0.3) is 0 Å². The Bertz CT molecular complexity index is 312. The van der Waals surface area contributed by atoms with E-state index < -0.39 is 0 Å². The predicted octanol–water partition coefficient (Wildman–Crippen LogP) is 1.97. The van der Waals surface area contributed by atoms with Gasteiger partial charge in [-0.2, -0.15) is 0 Å². The summed E-state index contributed by atoms with van der Waals surface area (Å²) in [5, 5.41) is 0. The largest absolute Gasteiger partial charge is 0.294 e. The molecule has 11 heavy (non-hydrogen) atoms. The van der Waals surface area contributed by atoms with Gasteiger partial charge in [0.2, 0.25) is 0 Å². The molecule has 3 heteroatoms. The monoisotopic (exact) mass is 211 g/mol. The third-order valence-electron chi connectivity index (χ3n) is 1.83. The Morgan fingerprint density at radius 2 is 2.27 bits per heavy atom. The number of Topliss-reactive ketones (excluding diaryl/α,β-unsaturated/α-hetero) is 1. The molecule has 0 aromatic rings. The van der Waals surface area contributed by atoms with Crippen molar-refractivity contribution in [3.63, 3.8) is 0 Å². The molecular formula is C8H6BrNO. The zero-order chi connectivity index (χ0) is 7.84. The molecule has 2 nitrogen and oxygen atoms in total. The van der Waals surface area contributed by atoms with Gasteiger partial charge in [0.25, 0.3) is 0 Å². The zero-order valence-electron chi connectivity index (χ0n) is 5.80. The molecule has 0 radical (unpaired) electrons. The molecule has 0 aromatic heterocycles. The van der Waals surface area contributed by atoms with Crippen LogP contribution in [-0.4, -0.2) is 12.0 Å². The van der Waals surface area contributed by atoms with Gasteiger partial charge in [-0.3, -0.25) is 9.79 Å². The molecule has 0 N–H and O–H groups in total. The molecule has 2 aliphatic rings. The van der Waals surface area contributed by atoms with Crippen LogP contribution in [0.1, 0.15) is 12.8 Å². The number of fused-ring (bicyclic) bond motifs is 1. The maximum absolute atomic E-state index is 11.2. The molecule has 0 saturated carbocycles. The van der Waals surface area contributed by atoms with Gasteiger partial charge in [-0.15, -0.1) is 0 Å². The Balaban J connectivity index is 2.53. The number of carbonyl (C=O) groups excluding carboxylic acids is 1. The van der Waals surface area contributed by atoms with E-state index in [0.29, 0.717) is 6.42 Å². The third-order valence-corrected chi connectivity index (χ3v) is 2.60. The van der Waals surface area contributed by atoms with Crippen LogP contribution < -0.4 is 0 Å². The van der Waals surface area contributed by atoms with Crippen LogP contribution >= 0.6 is 15.9 Å². The number of hydrogen-bond donors (Lipinski definition) is 0. The van der Waals surface area contributed by atoms with Crippen molar-refractivity contribution in [1.29, 1.82) is 0 Å². The summed E-state index contributed by atoms with van der Waals surface area (Å²) in [6.45, 7) is 0. The highest BCUT2D eigenvalue weighted by molar-refractivity contribution is 9.11. The van der Waals surface area contributed by atoms with Crippen molar-refractivity contribution in [3.8, 4) is 0 Å². The quantitative estimate of drug-likeness (QED) is 0.603. The van der Waals surface area contributed by atoms with Crippen molar-refractivity contribution in [2.24, 2.45) is 4.99 Å². The maximum atomic E-state index is 11.2. The van der Waals surface area contributed by atoms with Crippen molar-refractivity contribution < 1.29 is 4.79 Å². The van der Waals surface area contributed by atoms with Gasteiger partial charge in [-0.05, 0) is 12.5 Å². The fourth-order valence-corrected chi connectivity index (χ4v) is 1.77. The number of halogens is 1. The first-order valence-corrected chi connectivity index (χ1v) is 4.25. The summed E-state index contributed by atoms with van der Waals surface area (Å²) in [6, 6.07) is 0. The van der Waals surface area contributed by atoms with E-state index in [0.717, 1.165) is 22.2 Å². The molecule has 0 fully saturated rings. The van der Waals surface area contributed by atoms with E-state index in [2.05, 4.69) is 20.9 Å². The molecule has 0 bridgehead atoms. The van der Waals surface area contributed by atoms with Crippen molar-refractivity contribution >= 4 is 27.9 Å². The molecule has 56 valence electrons. The lowest BCUT2D eigenvalue weighted by Crippen LogP contribution is -2.08. The highest BCUT2D eigenvalue weighted by atomic mass is 79.9. The average Bonchev–Trinajstić information content (AvgIpc) is 2.45. The van der Waals surface area contributed by atoms with Crippen molar-refractivity contribution in [2.75, 3.05) is 0 Å². The van der Waals surface area contributed by atoms with Crippen LogP contribution in [-0.2, 0) is 4.79 Å². The van der Waals surface area contributed by atoms with Gasteiger partial charge in [-0.1, -0.05) is 15.9 Å². The van der Waals surface area contributed by atoms with E-state index >= 15 is 0 Å². The standard InChI is InChI=1S/C8H6BrNO/c9-6-1-2-7(11)5-3-4-10-8(5)6/h3-4H,1-2H2. The summed E-state index contributed by atoms with van der Waals surface area (Å²) < 4.78 is 1.05. The molecule has 1 heterocycles. The lowest BCUT2D eigenvalue weighted by molar-refractivity contribution is -0.115. The first-order valence-electron chi connectivity index (χ1n) is 3.45. The molecule has 1 aliphatic carbocycles. The molecule has 1 aliphatic heterocycles. The number of ketones is 1. The van der Waals surface area contributed by atoms with Gasteiger partial charge >= 0.3 is 0 Å². The second kappa shape index (κ2) is 2.41. The first kappa shape index (κ1) is 6.98. The fraction of sp³-hybridized carbons (Fsp3) is 0.250. The number of hydrogen-bond acceptors (Lipinski definition) is 2. The minimum absolute atomic E-state index is 0.209. The highest BCUT2D eigenvalue weighted by Gasteiger charge is 2.23. The van der Waals surface area contributed by atoms with Crippen LogP contribution in [0.2, 0.25) is 0 Å². The first-order chi connectivity index (χ1) is 5.29. The van der Waals surface area contributed by atoms with Crippen molar-refractivity contribution in [1.82, 2.24) is 0 Å². The van der Waals surface area contributed by atoms with Crippen LogP contribution in [0.15, 0.2) is 26.8 Å². The summed E-state index contributed by atoms with van der Waals surface area (Å²) in [6.07, 6.45) is 4.86. The Kier molecular flexibility index (Phi) is 1.53. The van der Waals surface area contributed by atoms with E-state index in [9.17, 15) is 4.79 Å². The third kappa shape index (κ3) is 0.997.